The molecule has 1 aromatic carbocycles. The molecule has 0 unspecified atom stereocenters. The van der Waals surface area contributed by atoms with Crippen molar-refractivity contribution in [3.63, 3.8) is 0 Å². The van der Waals surface area contributed by atoms with Gasteiger partial charge in [-0.25, -0.2) is 4.79 Å². The summed E-state index contributed by atoms with van der Waals surface area (Å²) in [6.07, 6.45) is 8.28. The van der Waals surface area contributed by atoms with Crippen LogP contribution in [-0.4, -0.2) is 49.9 Å². The van der Waals surface area contributed by atoms with Crippen LogP contribution >= 0.6 is 0 Å². The average Bonchev–Trinajstić information content (AvgIpc) is 3.22. The lowest BCUT2D eigenvalue weighted by Crippen LogP contribution is -2.61. The van der Waals surface area contributed by atoms with Crippen LogP contribution in [0.2, 0.25) is 0 Å². The van der Waals surface area contributed by atoms with E-state index in [1.54, 1.807) is 17.0 Å². The first-order chi connectivity index (χ1) is 16.6. The van der Waals surface area contributed by atoms with Crippen molar-refractivity contribution in [2.75, 3.05) is 26.1 Å². The molecule has 0 aromatic heterocycles. The lowest BCUT2D eigenvalue weighted by Gasteiger charge is -2.61. The Kier molecular flexibility index (Phi) is 6.00. The fourth-order valence-corrected chi connectivity index (χ4v) is 8.86. The number of esters is 1. The van der Waals surface area contributed by atoms with Crippen molar-refractivity contribution < 1.29 is 19.1 Å². The van der Waals surface area contributed by atoms with E-state index in [0.717, 1.165) is 44.2 Å². The van der Waals surface area contributed by atoms with Crippen molar-refractivity contribution in [3.8, 4) is 0 Å². The van der Waals surface area contributed by atoms with E-state index in [1.807, 2.05) is 26.2 Å². The van der Waals surface area contributed by atoms with Crippen molar-refractivity contribution >= 4 is 23.5 Å². The van der Waals surface area contributed by atoms with Crippen molar-refractivity contribution in [1.82, 2.24) is 4.90 Å². The lowest BCUT2D eigenvalue weighted by molar-refractivity contribution is -0.159. The summed E-state index contributed by atoms with van der Waals surface area (Å²) in [5.41, 5.74) is 1.53. The number of anilines is 1. The van der Waals surface area contributed by atoms with Crippen LogP contribution < -0.4 is 4.90 Å². The number of piperidine rings is 1. The first kappa shape index (κ1) is 24.3. The number of rotatable bonds is 3. The number of amides is 2. The first-order valence-electron chi connectivity index (χ1n) is 13.3. The highest BCUT2D eigenvalue weighted by Crippen LogP contribution is 2.66. The summed E-state index contributed by atoms with van der Waals surface area (Å²) in [5, 5.41) is 0. The molecule has 0 radical (unpaired) electrons. The zero-order chi connectivity index (χ0) is 25.1. The number of hydrogen-bond acceptors (Lipinski definition) is 4. The minimum absolute atomic E-state index is 0.0258. The maximum absolute atomic E-state index is 13.8. The molecule has 6 heteroatoms. The van der Waals surface area contributed by atoms with E-state index in [-0.39, 0.29) is 28.6 Å². The number of benzene rings is 1. The van der Waals surface area contributed by atoms with Crippen molar-refractivity contribution in [1.29, 1.82) is 0 Å². The van der Waals surface area contributed by atoms with Crippen LogP contribution in [0.5, 0.6) is 0 Å². The molecule has 7 atom stereocenters. The third-order valence-corrected chi connectivity index (χ3v) is 10.9. The summed E-state index contributed by atoms with van der Waals surface area (Å²) in [6, 6.07) is 7.48. The SMILES string of the molecule is COC(=O)c1ccc(N(C)C(=O)[C@H]2CC[C@H]3[C@@H]4CC[C@H]5N(C)C(=O)CC[C@]5(C)[C@H]4CC[C@]23C)cc1. The third-order valence-electron chi connectivity index (χ3n) is 10.9. The number of carbonyl (C=O) groups is 3. The maximum Gasteiger partial charge on any atom is 0.337 e. The molecule has 3 aliphatic carbocycles. The van der Waals surface area contributed by atoms with Gasteiger partial charge in [-0.2, -0.15) is 0 Å². The van der Waals surface area contributed by atoms with Crippen LogP contribution in [0.15, 0.2) is 24.3 Å². The van der Waals surface area contributed by atoms with Gasteiger partial charge in [-0.1, -0.05) is 13.8 Å². The number of ether oxygens (including phenoxy) is 1. The minimum Gasteiger partial charge on any atom is -0.465 e. The lowest BCUT2D eigenvalue weighted by atomic mass is 9.47. The topological polar surface area (TPSA) is 66.9 Å². The van der Waals surface area contributed by atoms with Gasteiger partial charge in [-0.05, 0) is 97.8 Å². The van der Waals surface area contributed by atoms with Gasteiger partial charge in [0.2, 0.25) is 11.8 Å². The molecule has 4 fully saturated rings. The Morgan fingerprint density at radius 1 is 0.971 bits per heavy atom. The van der Waals surface area contributed by atoms with E-state index in [0.29, 0.717) is 41.7 Å². The smallest absolute Gasteiger partial charge is 0.337 e. The molecule has 1 heterocycles. The molecule has 0 bridgehead atoms. The zero-order valence-electron chi connectivity index (χ0n) is 21.9. The Morgan fingerprint density at radius 2 is 1.66 bits per heavy atom. The third kappa shape index (κ3) is 3.62. The predicted octanol–water partition coefficient (Wildman–Crippen LogP) is 4.92. The zero-order valence-corrected chi connectivity index (χ0v) is 21.9. The standard InChI is InChI=1S/C29H40N2O4/c1-28-16-14-22-20(10-13-24-29(22,2)17-15-25(32)31(24)4)21(28)11-12-23(28)26(33)30(3)19-8-6-18(7-9-19)27(34)35-5/h6-9,20-24H,10-17H2,1-5H3/t20-,21-,22-,23+,24+,28-,29+/m0/s1. The summed E-state index contributed by atoms with van der Waals surface area (Å²) < 4.78 is 4.79. The van der Waals surface area contributed by atoms with Crippen LogP contribution in [0.4, 0.5) is 5.69 Å². The number of likely N-dealkylation sites (tertiary alicyclic amines) is 1. The Hall–Kier alpha value is -2.37. The number of fused-ring (bicyclic) bond motifs is 5. The van der Waals surface area contributed by atoms with Crippen LogP contribution in [0.1, 0.15) is 75.6 Å². The molecule has 0 N–H and O–H groups in total. The Morgan fingerprint density at radius 3 is 2.34 bits per heavy atom. The summed E-state index contributed by atoms with van der Waals surface area (Å²) in [4.78, 5) is 41.8. The molecule has 6 nitrogen and oxygen atoms in total. The molecule has 3 saturated carbocycles. The van der Waals surface area contributed by atoms with Gasteiger partial charge < -0.3 is 14.5 Å². The van der Waals surface area contributed by atoms with Crippen molar-refractivity contribution in [2.45, 2.75) is 71.3 Å². The number of methoxy groups -OCH3 is 1. The minimum atomic E-state index is -0.370. The number of carbonyl (C=O) groups excluding carboxylic acids is 3. The second-order valence-corrected chi connectivity index (χ2v) is 12.1. The molecular formula is C29H40N2O4. The van der Waals surface area contributed by atoms with Gasteiger partial charge in [0.15, 0.2) is 0 Å². The molecule has 2 amide bonds. The maximum atomic E-state index is 13.8. The molecule has 5 rings (SSSR count). The van der Waals surface area contributed by atoms with Gasteiger partial charge in [0.25, 0.3) is 0 Å². The van der Waals surface area contributed by atoms with E-state index < -0.39 is 0 Å². The quantitative estimate of drug-likeness (QED) is 0.576. The number of hydrogen-bond donors (Lipinski definition) is 0. The van der Waals surface area contributed by atoms with Gasteiger partial charge in [0, 0.05) is 38.2 Å². The van der Waals surface area contributed by atoms with Crippen LogP contribution in [0.3, 0.4) is 0 Å². The Balaban J connectivity index is 1.34. The number of nitrogens with zero attached hydrogens (tertiary/aromatic N) is 2. The second kappa shape index (κ2) is 8.63. The summed E-state index contributed by atoms with van der Waals surface area (Å²) in [6.45, 7) is 4.83. The first-order valence-corrected chi connectivity index (χ1v) is 13.3. The molecule has 1 aliphatic heterocycles. The van der Waals surface area contributed by atoms with Crippen LogP contribution in [0, 0.1) is 34.5 Å². The monoisotopic (exact) mass is 480 g/mol. The summed E-state index contributed by atoms with van der Waals surface area (Å²) >= 11 is 0. The Labute approximate surface area is 209 Å². The Bertz CT molecular complexity index is 1020. The molecule has 1 aromatic rings. The fraction of sp³-hybridized carbons (Fsp3) is 0.690. The molecule has 35 heavy (non-hydrogen) atoms. The summed E-state index contributed by atoms with van der Waals surface area (Å²) in [7, 11) is 5.24. The summed E-state index contributed by atoms with van der Waals surface area (Å²) in [5.74, 6) is 2.03. The van der Waals surface area contributed by atoms with Gasteiger partial charge in [0.1, 0.15) is 0 Å². The highest BCUT2D eigenvalue weighted by Gasteiger charge is 2.62. The average molecular weight is 481 g/mol. The van der Waals surface area contributed by atoms with Gasteiger partial charge in [-0.15, -0.1) is 0 Å². The van der Waals surface area contributed by atoms with Gasteiger partial charge in [-0.3, -0.25) is 9.59 Å². The van der Waals surface area contributed by atoms with E-state index in [9.17, 15) is 14.4 Å². The highest BCUT2D eigenvalue weighted by atomic mass is 16.5. The normalized spacial score (nSPS) is 38.3. The van der Waals surface area contributed by atoms with Crippen molar-refractivity contribution in [3.05, 3.63) is 29.8 Å². The second-order valence-electron chi connectivity index (χ2n) is 12.1. The van der Waals surface area contributed by atoms with E-state index in [4.69, 9.17) is 4.74 Å². The highest BCUT2D eigenvalue weighted by molar-refractivity contribution is 5.96. The van der Waals surface area contributed by atoms with E-state index >= 15 is 0 Å². The molecule has 0 spiro atoms. The molecule has 4 aliphatic rings. The van der Waals surface area contributed by atoms with E-state index in [2.05, 4.69) is 18.7 Å². The largest absolute Gasteiger partial charge is 0.465 e. The van der Waals surface area contributed by atoms with Crippen molar-refractivity contribution in [2.24, 2.45) is 34.5 Å². The molecule has 1 saturated heterocycles. The van der Waals surface area contributed by atoms with Gasteiger partial charge >= 0.3 is 5.97 Å². The van der Waals surface area contributed by atoms with Gasteiger partial charge in [0.05, 0.1) is 12.7 Å². The van der Waals surface area contributed by atoms with E-state index in [1.165, 1.54) is 13.5 Å². The molecule has 190 valence electrons. The fourth-order valence-electron chi connectivity index (χ4n) is 8.86. The van der Waals surface area contributed by atoms with Crippen LogP contribution in [0.25, 0.3) is 0 Å². The predicted molar refractivity (Wildman–Crippen MR) is 135 cm³/mol. The molecular weight excluding hydrogens is 440 g/mol. The van der Waals surface area contributed by atoms with Crippen LogP contribution in [-0.2, 0) is 14.3 Å².